The van der Waals surface area contributed by atoms with Crippen molar-refractivity contribution < 1.29 is 13.6 Å². The molecule has 1 aromatic carbocycles. The van der Waals surface area contributed by atoms with Crippen LogP contribution in [0.2, 0.25) is 5.02 Å². The van der Waals surface area contributed by atoms with E-state index in [2.05, 4.69) is 9.59 Å². The number of nitrogens with zero attached hydrogens (tertiary/aromatic N) is 3. The fourth-order valence-electron chi connectivity index (χ4n) is 1.69. The Hall–Kier alpha value is -1.60. The van der Waals surface area contributed by atoms with Crippen molar-refractivity contribution in [3.63, 3.8) is 0 Å². The first-order valence-corrected chi connectivity index (χ1v) is 6.71. The summed E-state index contributed by atoms with van der Waals surface area (Å²) in [5.41, 5.74) is 0.768. The van der Waals surface area contributed by atoms with Crippen molar-refractivity contribution in [2.24, 2.45) is 0 Å². The first-order valence-electron chi connectivity index (χ1n) is 5.56. The number of anilines is 1. The molecule has 2 rings (SSSR count). The van der Waals surface area contributed by atoms with Crippen molar-refractivity contribution in [3.8, 4) is 0 Å². The monoisotopic (exact) mass is 317 g/mol. The first-order chi connectivity index (χ1) is 9.41. The average molecular weight is 318 g/mol. The molecule has 2 aromatic rings. The molecule has 0 N–H and O–H groups in total. The third kappa shape index (κ3) is 2.78. The zero-order chi connectivity index (χ0) is 14.9. The number of benzene rings is 1. The van der Waals surface area contributed by atoms with Crippen LogP contribution in [0.3, 0.4) is 0 Å². The summed E-state index contributed by atoms with van der Waals surface area (Å²) in [6, 6.07) is 5.04. The molecule has 4 nitrogen and oxygen atoms in total. The Morgan fingerprint density at radius 1 is 1.45 bits per heavy atom. The first kappa shape index (κ1) is 14.8. The van der Waals surface area contributed by atoms with E-state index in [0.29, 0.717) is 22.2 Å². The van der Waals surface area contributed by atoms with E-state index >= 15 is 0 Å². The molecule has 1 aromatic heterocycles. The summed E-state index contributed by atoms with van der Waals surface area (Å²) in [6.45, 7) is 1.80. The van der Waals surface area contributed by atoms with Gasteiger partial charge in [0, 0.05) is 17.8 Å². The van der Waals surface area contributed by atoms with E-state index in [1.165, 1.54) is 11.9 Å². The lowest BCUT2D eigenvalue weighted by Crippen LogP contribution is -2.27. The number of alkyl halides is 2. The molecule has 0 radical (unpaired) electrons. The molecular weight excluding hydrogens is 308 g/mol. The van der Waals surface area contributed by atoms with Gasteiger partial charge in [-0.2, -0.15) is 0 Å². The number of aromatic nitrogens is 2. The Morgan fingerprint density at radius 3 is 2.80 bits per heavy atom. The quantitative estimate of drug-likeness (QED) is 0.867. The molecule has 0 spiro atoms. The fraction of sp³-hybridized carbons (Fsp3) is 0.250. The minimum Gasteiger partial charge on any atom is -0.310 e. The van der Waals surface area contributed by atoms with Gasteiger partial charge in [0.2, 0.25) is 0 Å². The van der Waals surface area contributed by atoms with E-state index in [9.17, 15) is 13.6 Å². The van der Waals surface area contributed by atoms with Crippen LogP contribution in [0.5, 0.6) is 0 Å². The molecule has 1 amide bonds. The van der Waals surface area contributed by atoms with Crippen LogP contribution in [0.15, 0.2) is 18.2 Å². The number of carbonyl (C=O) groups is 1. The van der Waals surface area contributed by atoms with Gasteiger partial charge in [-0.25, -0.2) is 8.78 Å². The van der Waals surface area contributed by atoms with E-state index in [-0.39, 0.29) is 4.88 Å². The third-order valence-electron chi connectivity index (χ3n) is 2.75. The Balaban J connectivity index is 2.37. The summed E-state index contributed by atoms with van der Waals surface area (Å²) in [5, 5.41) is 3.76. The van der Waals surface area contributed by atoms with Crippen LogP contribution in [0.1, 0.15) is 27.4 Å². The van der Waals surface area contributed by atoms with Gasteiger partial charge in [0.15, 0.2) is 5.69 Å². The maximum absolute atomic E-state index is 12.7. The predicted molar refractivity (Wildman–Crippen MR) is 73.8 cm³/mol. The zero-order valence-electron chi connectivity index (χ0n) is 10.6. The van der Waals surface area contributed by atoms with Crippen molar-refractivity contribution in [1.29, 1.82) is 0 Å². The van der Waals surface area contributed by atoms with Gasteiger partial charge >= 0.3 is 0 Å². The minimum absolute atomic E-state index is 0.165. The molecule has 0 unspecified atom stereocenters. The highest BCUT2D eigenvalue weighted by atomic mass is 35.5. The molecular formula is C12H10ClF2N3OS. The van der Waals surface area contributed by atoms with Gasteiger partial charge in [-0.15, -0.1) is 5.10 Å². The summed E-state index contributed by atoms with van der Waals surface area (Å²) < 4.78 is 28.9. The normalized spacial score (nSPS) is 10.9. The number of halogens is 3. The number of hydrogen-bond donors (Lipinski definition) is 0. The highest BCUT2D eigenvalue weighted by molar-refractivity contribution is 7.08. The Kier molecular flexibility index (Phi) is 4.29. The van der Waals surface area contributed by atoms with Crippen molar-refractivity contribution in [1.82, 2.24) is 9.59 Å². The Bertz CT molecular complexity index is 647. The number of rotatable bonds is 3. The second-order valence-corrected chi connectivity index (χ2v) is 5.27. The number of hydrogen-bond acceptors (Lipinski definition) is 4. The molecule has 0 fully saturated rings. The van der Waals surface area contributed by atoms with E-state index in [1.54, 1.807) is 25.1 Å². The predicted octanol–water partition coefficient (Wildman–Crippen LogP) is 3.71. The molecule has 0 aliphatic heterocycles. The van der Waals surface area contributed by atoms with Gasteiger partial charge in [-0.1, -0.05) is 22.2 Å². The van der Waals surface area contributed by atoms with Gasteiger partial charge in [0.05, 0.1) is 0 Å². The molecule has 0 bridgehead atoms. The Morgan fingerprint density at radius 2 is 2.15 bits per heavy atom. The maximum atomic E-state index is 12.7. The van der Waals surface area contributed by atoms with E-state index in [0.717, 1.165) is 5.56 Å². The molecule has 0 atom stereocenters. The highest BCUT2D eigenvalue weighted by Gasteiger charge is 2.26. The Labute approximate surface area is 123 Å². The van der Waals surface area contributed by atoms with Gasteiger partial charge in [0.1, 0.15) is 4.88 Å². The lowest BCUT2D eigenvalue weighted by atomic mass is 10.2. The van der Waals surface area contributed by atoms with Crippen LogP contribution in [0.25, 0.3) is 0 Å². The molecule has 1 heterocycles. The second kappa shape index (κ2) is 5.80. The molecule has 0 aliphatic rings. The fourth-order valence-corrected chi connectivity index (χ4v) is 2.51. The molecule has 0 aliphatic carbocycles. The largest absolute Gasteiger partial charge is 0.310 e. The van der Waals surface area contributed by atoms with Crippen molar-refractivity contribution in [2.45, 2.75) is 13.3 Å². The van der Waals surface area contributed by atoms with Crippen LogP contribution in [-0.2, 0) is 0 Å². The standard InChI is InChI=1S/C12H10ClF2N3OS/c1-6-3-4-7(13)5-8(6)18(2)12(19)10-9(11(14)15)16-17-20-10/h3-5,11H,1-2H3. The topological polar surface area (TPSA) is 46.1 Å². The maximum Gasteiger partial charge on any atom is 0.283 e. The van der Waals surface area contributed by atoms with Gasteiger partial charge in [0.25, 0.3) is 12.3 Å². The lowest BCUT2D eigenvalue weighted by Gasteiger charge is -2.19. The summed E-state index contributed by atoms with van der Waals surface area (Å²) in [7, 11) is 1.50. The highest BCUT2D eigenvalue weighted by Crippen LogP contribution is 2.28. The summed E-state index contributed by atoms with van der Waals surface area (Å²) >= 11 is 6.55. The van der Waals surface area contributed by atoms with Crippen LogP contribution in [0.4, 0.5) is 14.5 Å². The summed E-state index contributed by atoms with van der Waals surface area (Å²) in [6.07, 6.45) is -2.83. The van der Waals surface area contributed by atoms with Crippen LogP contribution in [-0.4, -0.2) is 22.5 Å². The SMILES string of the molecule is Cc1ccc(Cl)cc1N(C)C(=O)c1snnc1C(F)F. The molecule has 8 heteroatoms. The smallest absolute Gasteiger partial charge is 0.283 e. The van der Waals surface area contributed by atoms with E-state index in [4.69, 9.17) is 11.6 Å². The van der Waals surface area contributed by atoms with Crippen LogP contribution in [0, 0.1) is 6.92 Å². The van der Waals surface area contributed by atoms with Crippen LogP contribution < -0.4 is 4.90 Å². The lowest BCUT2D eigenvalue weighted by molar-refractivity contribution is 0.0981. The van der Waals surface area contributed by atoms with Gasteiger partial charge < -0.3 is 4.90 Å². The van der Waals surface area contributed by atoms with Gasteiger partial charge in [-0.05, 0) is 36.2 Å². The summed E-state index contributed by atoms with van der Waals surface area (Å²) in [4.78, 5) is 13.4. The average Bonchev–Trinajstić information content (AvgIpc) is 2.89. The van der Waals surface area contributed by atoms with E-state index < -0.39 is 18.0 Å². The number of carbonyl (C=O) groups excluding carboxylic acids is 1. The van der Waals surface area contributed by atoms with Crippen LogP contribution >= 0.6 is 23.1 Å². The molecule has 0 saturated heterocycles. The van der Waals surface area contributed by atoms with Crippen molar-refractivity contribution in [3.05, 3.63) is 39.4 Å². The second-order valence-electron chi connectivity index (χ2n) is 4.08. The number of aryl methyl sites for hydroxylation is 1. The van der Waals surface area contributed by atoms with Crippen molar-refractivity contribution in [2.75, 3.05) is 11.9 Å². The molecule has 106 valence electrons. The zero-order valence-corrected chi connectivity index (χ0v) is 12.2. The summed E-state index contributed by atoms with van der Waals surface area (Å²) in [5.74, 6) is -0.583. The number of amides is 1. The van der Waals surface area contributed by atoms with Gasteiger partial charge in [-0.3, -0.25) is 4.79 Å². The molecule has 20 heavy (non-hydrogen) atoms. The molecule has 0 saturated carbocycles. The van der Waals surface area contributed by atoms with E-state index in [1.807, 2.05) is 0 Å². The minimum atomic E-state index is -2.83. The van der Waals surface area contributed by atoms with Crippen molar-refractivity contribution >= 4 is 34.7 Å². The third-order valence-corrected chi connectivity index (χ3v) is 3.72.